The van der Waals surface area contributed by atoms with Crippen LogP contribution in [0.1, 0.15) is 5.56 Å². The van der Waals surface area contributed by atoms with Crippen molar-refractivity contribution in [1.29, 1.82) is 0 Å². The number of carboxylic acids is 1. The van der Waals surface area contributed by atoms with E-state index in [1.165, 1.54) is 7.11 Å². The number of carbonyl (C=O) groups is 1. The van der Waals surface area contributed by atoms with Crippen molar-refractivity contribution in [2.75, 3.05) is 20.2 Å². The van der Waals surface area contributed by atoms with E-state index < -0.39 is 30.0 Å². The molecule has 0 aromatic heterocycles. The van der Waals surface area contributed by atoms with Crippen LogP contribution in [0.3, 0.4) is 0 Å². The van der Waals surface area contributed by atoms with Gasteiger partial charge in [0.25, 0.3) is 0 Å². The summed E-state index contributed by atoms with van der Waals surface area (Å²) in [7, 11) is 1.47. The molecule has 116 valence electrons. The number of ether oxygens (including phenoxy) is 1. The number of hydrogen-bond acceptors (Lipinski definition) is 3. The second kappa shape index (κ2) is 5.55. The standard InChI is InChI=1S/C14H16F3NO3/c1-21-11-4-2-3-9(6-11)5-10-7-18-8-13(10,12(19)20)14(15,16)17/h2-4,6,10,18H,5,7-8H2,1H3,(H,19,20)/t10-,13+/m1/s1. The zero-order chi connectivity index (χ0) is 15.7. The minimum Gasteiger partial charge on any atom is -0.497 e. The minimum absolute atomic E-state index is 0.0169. The van der Waals surface area contributed by atoms with Gasteiger partial charge in [0, 0.05) is 12.5 Å². The summed E-state index contributed by atoms with van der Waals surface area (Å²) in [5.74, 6) is -2.35. The van der Waals surface area contributed by atoms with Gasteiger partial charge in [-0.1, -0.05) is 12.1 Å². The Morgan fingerprint density at radius 3 is 2.81 bits per heavy atom. The fraction of sp³-hybridized carbons (Fsp3) is 0.500. The van der Waals surface area contributed by atoms with E-state index in [1.54, 1.807) is 24.3 Å². The first-order chi connectivity index (χ1) is 9.81. The molecule has 1 fully saturated rings. The van der Waals surface area contributed by atoms with Crippen LogP contribution in [0, 0.1) is 11.3 Å². The number of aliphatic carboxylic acids is 1. The molecule has 7 heteroatoms. The van der Waals surface area contributed by atoms with Crippen molar-refractivity contribution in [3.63, 3.8) is 0 Å². The summed E-state index contributed by atoms with van der Waals surface area (Å²) in [5, 5.41) is 11.7. The van der Waals surface area contributed by atoms with Crippen LogP contribution >= 0.6 is 0 Å². The van der Waals surface area contributed by atoms with E-state index in [1.807, 2.05) is 0 Å². The van der Waals surface area contributed by atoms with Gasteiger partial charge in [0.1, 0.15) is 5.75 Å². The van der Waals surface area contributed by atoms with Crippen molar-refractivity contribution in [2.45, 2.75) is 12.6 Å². The maximum absolute atomic E-state index is 13.3. The Bertz CT molecular complexity index is 532. The Labute approximate surface area is 119 Å². The Morgan fingerprint density at radius 1 is 1.52 bits per heavy atom. The maximum atomic E-state index is 13.3. The molecule has 4 nitrogen and oxygen atoms in total. The summed E-state index contributed by atoms with van der Waals surface area (Å²) in [5.41, 5.74) is -2.12. The largest absolute Gasteiger partial charge is 0.497 e. The highest BCUT2D eigenvalue weighted by molar-refractivity contribution is 5.77. The van der Waals surface area contributed by atoms with E-state index in [2.05, 4.69) is 5.32 Å². The van der Waals surface area contributed by atoms with E-state index >= 15 is 0 Å². The van der Waals surface area contributed by atoms with E-state index in [4.69, 9.17) is 9.84 Å². The third-order valence-electron chi connectivity index (χ3n) is 4.00. The molecule has 1 aromatic rings. The number of carboxylic acid groups (broad SMARTS) is 1. The van der Waals surface area contributed by atoms with E-state index in [9.17, 15) is 18.0 Å². The number of benzene rings is 1. The Hall–Kier alpha value is -1.76. The van der Waals surface area contributed by atoms with Crippen molar-refractivity contribution in [3.8, 4) is 5.75 Å². The van der Waals surface area contributed by atoms with E-state index in [-0.39, 0.29) is 13.0 Å². The van der Waals surface area contributed by atoms with Crippen molar-refractivity contribution in [3.05, 3.63) is 29.8 Å². The first kappa shape index (κ1) is 15.6. The maximum Gasteiger partial charge on any atom is 0.406 e. The zero-order valence-electron chi connectivity index (χ0n) is 11.4. The molecule has 1 saturated heterocycles. The molecule has 21 heavy (non-hydrogen) atoms. The van der Waals surface area contributed by atoms with Crippen LogP contribution in [0.2, 0.25) is 0 Å². The molecule has 1 aromatic carbocycles. The smallest absolute Gasteiger partial charge is 0.406 e. The van der Waals surface area contributed by atoms with Crippen molar-refractivity contribution in [1.82, 2.24) is 5.32 Å². The lowest BCUT2D eigenvalue weighted by Gasteiger charge is -2.32. The molecule has 0 saturated carbocycles. The van der Waals surface area contributed by atoms with Gasteiger partial charge < -0.3 is 15.2 Å². The van der Waals surface area contributed by atoms with Crippen molar-refractivity contribution < 1.29 is 27.8 Å². The summed E-state index contributed by atoms with van der Waals surface area (Å²) in [6.45, 7) is -0.580. The first-order valence-electron chi connectivity index (χ1n) is 6.45. The number of methoxy groups -OCH3 is 1. The molecule has 1 aliphatic heterocycles. The van der Waals surface area contributed by atoms with Crippen molar-refractivity contribution in [2.24, 2.45) is 11.3 Å². The van der Waals surface area contributed by atoms with Gasteiger partial charge in [0.05, 0.1) is 7.11 Å². The monoisotopic (exact) mass is 303 g/mol. The highest BCUT2D eigenvalue weighted by Gasteiger charge is 2.66. The predicted octanol–water partition coefficient (Wildman–Crippen LogP) is 2.09. The molecule has 0 unspecified atom stereocenters. The average Bonchev–Trinajstić information content (AvgIpc) is 2.83. The Kier molecular flexibility index (Phi) is 4.13. The molecule has 0 radical (unpaired) electrons. The Morgan fingerprint density at radius 2 is 2.24 bits per heavy atom. The third kappa shape index (κ3) is 2.70. The van der Waals surface area contributed by atoms with Gasteiger partial charge >= 0.3 is 12.1 Å². The van der Waals surface area contributed by atoms with Crippen LogP contribution in [-0.4, -0.2) is 37.5 Å². The molecule has 0 aliphatic carbocycles. The highest BCUT2D eigenvalue weighted by Crippen LogP contribution is 2.47. The normalized spacial score (nSPS) is 25.8. The molecule has 2 rings (SSSR count). The van der Waals surface area contributed by atoms with Gasteiger partial charge in [0.2, 0.25) is 0 Å². The van der Waals surface area contributed by atoms with E-state index in [0.29, 0.717) is 11.3 Å². The number of halogens is 3. The molecule has 2 atom stereocenters. The fourth-order valence-electron chi connectivity index (χ4n) is 2.80. The second-order valence-electron chi connectivity index (χ2n) is 5.16. The fourth-order valence-corrected chi connectivity index (χ4v) is 2.80. The quantitative estimate of drug-likeness (QED) is 0.894. The molecule has 1 aliphatic rings. The molecule has 0 spiro atoms. The van der Waals surface area contributed by atoms with Crippen LogP contribution in [0.5, 0.6) is 5.75 Å². The number of alkyl halides is 3. The number of hydrogen-bond donors (Lipinski definition) is 2. The average molecular weight is 303 g/mol. The van der Waals surface area contributed by atoms with Gasteiger partial charge in [-0.15, -0.1) is 0 Å². The third-order valence-corrected chi connectivity index (χ3v) is 4.00. The summed E-state index contributed by atoms with van der Waals surface area (Å²) in [4.78, 5) is 11.3. The molecular formula is C14H16F3NO3. The molecule has 0 amide bonds. The van der Waals surface area contributed by atoms with Gasteiger partial charge in [-0.3, -0.25) is 4.79 Å². The highest BCUT2D eigenvalue weighted by atomic mass is 19.4. The van der Waals surface area contributed by atoms with Gasteiger partial charge in [-0.25, -0.2) is 0 Å². The van der Waals surface area contributed by atoms with Gasteiger partial charge in [-0.05, 0) is 30.7 Å². The summed E-state index contributed by atoms with van der Waals surface area (Å²) < 4.78 is 45.0. The van der Waals surface area contributed by atoms with Gasteiger partial charge in [0.15, 0.2) is 5.41 Å². The summed E-state index contributed by atoms with van der Waals surface area (Å²) >= 11 is 0. The summed E-state index contributed by atoms with van der Waals surface area (Å²) in [6, 6.07) is 6.66. The number of nitrogens with one attached hydrogen (secondary N) is 1. The van der Waals surface area contributed by atoms with Crippen LogP contribution in [0.15, 0.2) is 24.3 Å². The molecule has 1 heterocycles. The van der Waals surface area contributed by atoms with Crippen LogP contribution < -0.4 is 10.1 Å². The van der Waals surface area contributed by atoms with Crippen LogP contribution in [0.4, 0.5) is 13.2 Å². The van der Waals surface area contributed by atoms with Crippen LogP contribution in [-0.2, 0) is 11.2 Å². The topological polar surface area (TPSA) is 58.6 Å². The van der Waals surface area contributed by atoms with Crippen LogP contribution in [0.25, 0.3) is 0 Å². The molecule has 0 bridgehead atoms. The molecular weight excluding hydrogens is 287 g/mol. The minimum atomic E-state index is -4.80. The van der Waals surface area contributed by atoms with E-state index in [0.717, 1.165) is 0 Å². The number of rotatable bonds is 4. The Balaban J connectivity index is 2.31. The molecule has 2 N–H and O–H groups in total. The zero-order valence-corrected chi connectivity index (χ0v) is 11.4. The van der Waals surface area contributed by atoms with Crippen molar-refractivity contribution >= 4 is 5.97 Å². The summed E-state index contributed by atoms with van der Waals surface area (Å²) in [6.07, 6.45) is -4.78. The SMILES string of the molecule is COc1cccc(C[C@@H]2CNC[C@]2(C(=O)O)C(F)(F)F)c1. The lowest BCUT2D eigenvalue weighted by molar-refractivity contribution is -0.236. The second-order valence-corrected chi connectivity index (χ2v) is 5.16. The lowest BCUT2D eigenvalue weighted by Crippen LogP contribution is -2.51. The first-order valence-corrected chi connectivity index (χ1v) is 6.45. The predicted molar refractivity (Wildman–Crippen MR) is 69.2 cm³/mol. The lowest BCUT2D eigenvalue weighted by atomic mass is 9.74. The van der Waals surface area contributed by atoms with Gasteiger partial charge in [-0.2, -0.15) is 13.2 Å².